The lowest BCUT2D eigenvalue weighted by Crippen LogP contribution is -2.27. The highest BCUT2D eigenvalue weighted by Gasteiger charge is 2.18. The van der Waals surface area contributed by atoms with Crippen molar-refractivity contribution < 1.29 is 24.2 Å². The van der Waals surface area contributed by atoms with E-state index >= 15 is 0 Å². The maximum Gasteiger partial charge on any atom is 0.412 e. The summed E-state index contributed by atoms with van der Waals surface area (Å²) in [5, 5.41) is 12.7. The number of carbonyl (C=O) groups excluding carboxylic acids is 2. The number of aliphatic hydroxyl groups excluding tert-OH is 1. The summed E-state index contributed by atoms with van der Waals surface area (Å²) in [5.41, 5.74) is 1.26. The maximum atomic E-state index is 11.8. The molecule has 122 valence electrons. The Morgan fingerprint density at radius 1 is 1.32 bits per heavy atom. The quantitative estimate of drug-likeness (QED) is 0.835. The van der Waals surface area contributed by atoms with Crippen LogP contribution in [0.3, 0.4) is 0 Å². The van der Waals surface area contributed by atoms with E-state index in [0.29, 0.717) is 11.3 Å². The van der Waals surface area contributed by atoms with Crippen molar-refractivity contribution in [2.75, 3.05) is 12.4 Å². The summed E-state index contributed by atoms with van der Waals surface area (Å²) in [6, 6.07) is 5.07. The molecule has 0 saturated carbocycles. The number of amides is 1. The Labute approximate surface area is 130 Å². The standard InChI is InChI=1S/C16H23NO5/c1-10-6-7-11(13(18)9-14(19)21-5)8-12(10)17-15(20)22-16(2,3)4/h6-8,13,18H,9H2,1-5H3,(H,17,20)/t13-/m0/s1. The summed E-state index contributed by atoms with van der Waals surface area (Å²) >= 11 is 0. The van der Waals surface area contributed by atoms with Crippen LogP contribution in [0, 0.1) is 6.92 Å². The molecule has 0 aliphatic rings. The van der Waals surface area contributed by atoms with Gasteiger partial charge < -0.3 is 14.6 Å². The number of benzene rings is 1. The lowest BCUT2D eigenvalue weighted by molar-refractivity contribution is -0.142. The van der Waals surface area contributed by atoms with Crippen LogP contribution >= 0.6 is 0 Å². The number of ether oxygens (including phenoxy) is 2. The van der Waals surface area contributed by atoms with Crippen molar-refractivity contribution in [2.45, 2.75) is 45.8 Å². The number of hydrogen-bond donors (Lipinski definition) is 2. The molecule has 0 unspecified atom stereocenters. The highest BCUT2D eigenvalue weighted by molar-refractivity contribution is 5.86. The SMILES string of the molecule is COC(=O)C[C@H](O)c1ccc(C)c(NC(=O)OC(C)(C)C)c1. The van der Waals surface area contributed by atoms with E-state index in [0.717, 1.165) is 5.56 Å². The molecule has 0 bridgehead atoms. The van der Waals surface area contributed by atoms with Gasteiger partial charge in [-0.05, 0) is 44.9 Å². The maximum absolute atomic E-state index is 11.8. The molecule has 0 radical (unpaired) electrons. The third kappa shape index (κ3) is 5.73. The normalized spacial score (nSPS) is 12.5. The first kappa shape index (κ1) is 18.0. The summed E-state index contributed by atoms with van der Waals surface area (Å²) in [7, 11) is 1.26. The average Bonchev–Trinajstić information content (AvgIpc) is 2.38. The van der Waals surface area contributed by atoms with Crippen LogP contribution in [-0.2, 0) is 14.3 Å². The van der Waals surface area contributed by atoms with Gasteiger partial charge >= 0.3 is 12.1 Å². The minimum absolute atomic E-state index is 0.147. The van der Waals surface area contributed by atoms with E-state index in [1.54, 1.807) is 39.0 Å². The van der Waals surface area contributed by atoms with Crippen LogP contribution in [-0.4, -0.2) is 29.9 Å². The minimum atomic E-state index is -0.993. The molecule has 0 aliphatic carbocycles. The van der Waals surface area contributed by atoms with Crippen LogP contribution in [0.5, 0.6) is 0 Å². The lowest BCUT2D eigenvalue weighted by atomic mass is 10.0. The highest BCUT2D eigenvalue weighted by Crippen LogP contribution is 2.24. The second-order valence-electron chi connectivity index (χ2n) is 6.00. The molecule has 1 atom stereocenters. The van der Waals surface area contributed by atoms with E-state index in [1.165, 1.54) is 7.11 Å². The van der Waals surface area contributed by atoms with Crippen molar-refractivity contribution in [3.63, 3.8) is 0 Å². The molecule has 1 rings (SSSR count). The van der Waals surface area contributed by atoms with Gasteiger partial charge in [0.05, 0.1) is 19.6 Å². The fraction of sp³-hybridized carbons (Fsp3) is 0.500. The molecule has 0 aromatic heterocycles. The molecule has 0 spiro atoms. The predicted molar refractivity (Wildman–Crippen MR) is 82.6 cm³/mol. The molecule has 1 aromatic carbocycles. The summed E-state index contributed by atoms with van der Waals surface area (Å²) in [5.74, 6) is -0.505. The van der Waals surface area contributed by atoms with Gasteiger partial charge in [-0.25, -0.2) is 4.79 Å². The van der Waals surface area contributed by atoms with E-state index in [1.807, 2.05) is 6.92 Å². The van der Waals surface area contributed by atoms with Crippen molar-refractivity contribution in [1.82, 2.24) is 0 Å². The molecule has 6 heteroatoms. The smallest absolute Gasteiger partial charge is 0.412 e. The van der Waals surface area contributed by atoms with Crippen LogP contribution < -0.4 is 5.32 Å². The monoisotopic (exact) mass is 309 g/mol. The van der Waals surface area contributed by atoms with E-state index < -0.39 is 23.8 Å². The van der Waals surface area contributed by atoms with Crippen LogP contribution in [0.1, 0.15) is 44.4 Å². The summed E-state index contributed by atoms with van der Waals surface area (Å²) in [4.78, 5) is 23.0. The Morgan fingerprint density at radius 2 is 1.95 bits per heavy atom. The number of nitrogens with one attached hydrogen (secondary N) is 1. The molecule has 0 fully saturated rings. The number of esters is 1. The molecule has 22 heavy (non-hydrogen) atoms. The first-order valence-electron chi connectivity index (χ1n) is 6.98. The summed E-state index contributed by atoms with van der Waals surface area (Å²) < 4.78 is 9.72. The fourth-order valence-corrected chi connectivity index (χ4v) is 1.75. The van der Waals surface area contributed by atoms with E-state index in [4.69, 9.17) is 4.74 Å². The van der Waals surface area contributed by atoms with Gasteiger partial charge in [0.1, 0.15) is 5.60 Å². The first-order valence-corrected chi connectivity index (χ1v) is 6.98. The number of aryl methyl sites for hydroxylation is 1. The lowest BCUT2D eigenvalue weighted by Gasteiger charge is -2.20. The fourth-order valence-electron chi connectivity index (χ4n) is 1.75. The van der Waals surface area contributed by atoms with Crippen LogP contribution in [0.15, 0.2) is 18.2 Å². The zero-order valence-electron chi connectivity index (χ0n) is 13.6. The van der Waals surface area contributed by atoms with Gasteiger partial charge in [-0.15, -0.1) is 0 Å². The molecule has 0 saturated heterocycles. The van der Waals surface area contributed by atoms with Crippen molar-refractivity contribution in [1.29, 1.82) is 0 Å². The van der Waals surface area contributed by atoms with Crippen LogP contribution in [0.4, 0.5) is 10.5 Å². The van der Waals surface area contributed by atoms with Gasteiger partial charge in [0.25, 0.3) is 0 Å². The van der Waals surface area contributed by atoms with Gasteiger partial charge in [0.15, 0.2) is 0 Å². The molecule has 1 amide bonds. The molecule has 0 heterocycles. The van der Waals surface area contributed by atoms with Gasteiger partial charge in [0, 0.05) is 5.69 Å². The Bertz CT molecular complexity index is 548. The third-order valence-electron chi connectivity index (χ3n) is 2.87. The van der Waals surface area contributed by atoms with Gasteiger partial charge in [0.2, 0.25) is 0 Å². The Morgan fingerprint density at radius 3 is 2.50 bits per heavy atom. The predicted octanol–water partition coefficient (Wildman–Crippen LogP) is 2.94. The Hall–Kier alpha value is -2.08. The van der Waals surface area contributed by atoms with Crippen molar-refractivity contribution >= 4 is 17.7 Å². The van der Waals surface area contributed by atoms with Crippen LogP contribution in [0.25, 0.3) is 0 Å². The van der Waals surface area contributed by atoms with Crippen molar-refractivity contribution in [3.05, 3.63) is 29.3 Å². The number of aliphatic hydroxyl groups is 1. The number of carbonyl (C=O) groups is 2. The Balaban J connectivity index is 2.86. The van der Waals surface area contributed by atoms with E-state index in [9.17, 15) is 14.7 Å². The summed E-state index contributed by atoms with van der Waals surface area (Å²) in [6.07, 6.45) is -1.71. The minimum Gasteiger partial charge on any atom is -0.469 e. The van der Waals surface area contributed by atoms with Gasteiger partial charge in [-0.1, -0.05) is 12.1 Å². The molecule has 2 N–H and O–H groups in total. The zero-order chi connectivity index (χ0) is 16.9. The van der Waals surface area contributed by atoms with Gasteiger partial charge in [-0.2, -0.15) is 0 Å². The zero-order valence-corrected chi connectivity index (χ0v) is 13.6. The van der Waals surface area contributed by atoms with Crippen molar-refractivity contribution in [2.24, 2.45) is 0 Å². The van der Waals surface area contributed by atoms with Crippen molar-refractivity contribution in [3.8, 4) is 0 Å². The van der Waals surface area contributed by atoms with Gasteiger partial charge in [-0.3, -0.25) is 10.1 Å². The molecule has 0 aliphatic heterocycles. The van der Waals surface area contributed by atoms with E-state index in [2.05, 4.69) is 10.1 Å². The number of methoxy groups -OCH3 is 1. The number of hydrogen-bond acceptors (Lipinski definition) is 5. The van der Waals surface area contributed by atoms with Crippen LogP contribution in [0.2, 0.25) is 0 Å². The molecular weight excluding hydrogens is 286 g/mol. The second kappa shape index (κ2) is 7.26. The summed E-state index contributed by atoms with van der Waals surface area (Å²) in [6.45, 7) is 7.14. The highest BCUT2D eigenvalue weighted by atomic mass is 16.6. The topological polar surface area (TPSA) is 84.9 Å². The Kier molecular flexibility index (Phi) is 5.93. The largest absolute Gasteiger partial charge is 0.469 e. The number of rotatable bonds is 4. The average molecular weight is 309 g/mol. The molecule has 1 aromatic rings. The third-order valence-corrected chi connectivity index (χ3v) is 2.87. The van der Waals surface area contributed by atoms with E-state index in [-0.39, 0.29) is 6.42 Å². The number of anilines is 1. The first-order chi connectivity index (χ1) is 10.1. The molecule has 6 nitrogen and oxygen atoms in total. The second-order valence-corrected chi connectivity index (χ2v) is 6.00. The molecular formula is C16H23NO5.